The molecule has 1 atom stereocenters. The maximum atomic E-state index is 13.9. The van der Waals surface area contributed by atoms with Crippen molar-refractivity contribution in [3.63, 3.8) is 0 Å². The first kappa shape index (κ1) is 57.2. The number of rotatable bonds is 42. The lowest BCUT2D eigenvalue weighted by Crippen LogP contribution is -2.53. The van der Waals surface area contributed by atoms with Crippen molar-refractivity contribution in [2.45, 2.75) is 245 Å². The van der Waals surface area contributed by atoms with Crippen molar-refractivity contribution in [3.05, 3.63) is 0 Å². The second kappa shape index (κ2) is 43.7. The minimum Gasteiger partial charge on any atom is -0.369 e. The number of hydrogen-bond acceptors (Lipinski definition) is 6. The van der Waals surface area contributed by atoms with Gasteiger partial charge in [-0.15, -0.1) is 12.4 Å². The molecule has 0 fully saturated rings. The van der Waals surface area contributed by atoms with Crippen molar-refractivity contribution < 1.29 is 14.4 Å². The van der Waals surface area contributed by atoms with Crippen molar-refractivity contribution >= 4 is 36.1 Å². The van der Waals surface area contributed by atoms with Gasteiger partial charge in [0.25, 0.3) is 0 Å². The molecule has 0 aromatic heterocycles. The Kier molecular flexibility index (Phi) is 43.8. The second-order valence-electron chi connectivity index (χ2n) is 16.6. The molecule has 57 heavy (non-hydrogen) atoms. The number of carbonyl (C=O) groups excluding carboxylic acids is 3. The summed E-state index contributed by atoms with van der Waals surface area (Å²) in [5, 5.41) is 7.32. The molecule has 338 valence electrons. The summed E-state index contributed by atoms with van der Waals surface area (Å²) in [5.74, 6) is -0.829. The van der Waals surface area contributed by atoms with Crippen LogP contribution in [0.4, 0.5) is 0 Å². The van der Waals surface area contributed by atoms with Crippen LogP contribution in [-0.2, 0) is 14.4 Å². The number of likely N-dealkylation sites (N-methyl/N-ethyl adjacent to an activating group) is 1. The summed E-state index contributed by atoms with van der Waals surface area (Å²) in [6.45, 7) is 5.76. The fourth-order valence-corrected chi connectivity index (χ4v) is 7.65. The number of hydrogen-bond donors (Lipinski definition) is 5. The number of amides is 3. The molecule has 0 unspecified atom stereocenters. The Hall–Kier alpha value is -1.91. The van der Waals surface area contributed by atoms with E-state index in [0.717, 1.165) is 38.5 Å². The third-order valence-electron chi connectivity index (χ3n) is 11.2. The van der Waals surface area contributed by atoms with Gasteiger partial charge in [-0.3, -0.25) is 30.1 Å². The number of nitrogens with one attached hydrogen (secondary N) is 3. The standard InChI is InChI=1S/C46H93N7O3.ClH/c1-4-6-8-10-12-14-16-18-20-22-24-26-28-30-32-37-43(54)53(42(45(56)52(3)41-39-47)36-34-35-40-50-51-46(48)49)44(55)38-33-31-29-27-25-23-21-19-17-15-13-11-9-7-5-2;/h42,50H,4-41,47H2,1-3H3,(H4,48,49,51);1H/t42-;/m0./s1. The molecule has 10 nitrogen and oxygen atoms in total. The van der Waals surface area contributed by atoms with Crippen molar-refractivity contribution in [2.75, 3.05) is 26.7 Å². The number of nitrogens with two attached hydrogens (primary N) is 2. The summed E-state index contributed by atoms with van der Waals surface area (Å²) in [4.78, 5) is 44.4. The zero-order valence-corrected chi connectivity index (χ0v) is 38.4. The van der Waals surface area contributed by atoms with Gasteiger partial charge in [0.1, 0.15) is 6.04 Å². The first-order valence-corrected chi connectivity index (χ1v) is 23.9. The number of imide groups is 1. The Bertz CT molecular complexity index is 896. The summed E-state index contributed by atoms with van der Waals surface area (Å²) in [6, 6.07) is -0.833. The zero-order valence-electron chi connectivity index (χ0n) is 37.6. The first-order valence-electron chi connectivity index (χ1n) is 23.9. The topological polar surface area (TPSA) is 158 Å². The molecule has 0 spiro atoms. The Morgan fingerprint density at radius 2 is 0.877 bits per heavy atom. The van der Waals surface area contributed by atoms with Crippen LogP contribution in [0.5, 0.6) is 0 Å². The van der Waals surface area contributed by atoms with Gasteiger partial charge in [0.2, 0.25) is 17.7 Å². The van der Waals surface area contributed by atoms with Gasteiger partial charge in [0, 0.05) is 39.5 Å². The highest BCUT2D eigenvalue weighted by atomic mass is 35.5. The zero-order chi connectivity index (χ0) is 41.3. The normalized spacial score (nSPS) is 11.6. The van der Waals surface area contributed by atoms with Crippen LogP contribution in [-0.4, -0.2) is 66.2 Å². The van der Waals surface area contributed by atoms with Crippen LogP contribution in [0, 0.1) is 5.41 Å². The van der Waals surface area contributed by atoms with Crippen molar-refractivity contribution in [1.82, 2.24) is 20.7 Å². The Morgan fingerprint density at radius 3 is 1.19 bits per heavy atom. The third kappa shape index (κ3) is 35.7. The lowest BCUT2D eigenvalue weighted by atomic mass is 10.0. The van der Waals surface area contributed by atoms with Crippen LogP contribution >= 0.6 is 12.4 Å². The average Bonchev–Trinajstić information content (AvgIpc) is 3.18. The number of carbonyl (C=O) groups is 3. The van der Waals surface area contributed by atoms with Gasteiger partial charge in [-0.1, -0.05) is 194 Å². The monoisotopic (exact) mass is 828 g/mol. The second-order valence-corrected chi connectivity index (χ2v) is 16.6. The maximum absolute atomic E-state index is 13.9. The van der Waals surface area contributed by atoms with Crippen molar-refractivity contribution in [3.8, 4) is 0 Å². The van der Waals surface area contributed by atoms with Gasteiger partial charge >= 0.3 is 0 Å². The summed E-state index contributed by atoms with van der Waals surface area (Å²) >= 11 is 0. The van der Waals surface area contributed by atoms with E-state index in [-0.39, 0.29) is 48.9 Å². The lowest BCUT2D eigenvalue weighted by molar-refractivity contribution is -0.155. The van der Waals surface area contributed by atoms with Crippen LogP contribution in [0.25, 0.3) is 0 Å². The third-order valence-corrected chi connectivity index (χ3v) is 11.2. The fourth-order valence-electron chi connectivity index (χ4n) is 7.65. The minimum absolute atomic E-state index is 0. The smallest absolute Gasteiger partial charge is 0.245 e. The maximum Gasteiger partial charge on any atom is 0.245 e. The molecule has 0 radical (unpaired) electrons. The Morgan fingerprint density at radius 1 is 0.544 bits per heavy atom. The van der Waals surface area contributed by atoms with Crippen LogP contribution in [0.3, 0.4) is 0 Å². The van der Waals surface area contributed by atoms with Gasteiger partial charge in [-0.2, -0.15) is 0 Å². The predicted octanol–water partition coefficient (Wildman–Crippen LogP) is 11.2. The average molecular weight is 829 g/mol. The van der Waals surface area contributed by atoms with Crippen molar-refractivity contribution in [2.24, 2.45) is 11.5 Å². The first-order chi connectivity index (χ1) is 27.3. The highest BCUT2D eigenvalue weighted by Crippen LogP contribution is 2.20. The van der Waals surface area contributed by atoms with E-state index >= 15 is 0 Å². The van der Waals surface area contributed by atoms with E-state index in [4.69, 9.17) is 16.9 Å². The molecule has 11 heteroatoms. The van der Waals surface area contributed by atoms with E-state index < -0.39 is 6.04 Å². The lowest BCUT2D eigenvalue weighted by Gasteiger charge is -2.32. The minimum atomic E-state index is -0.833. The van der Waals surface area contributed by atoms with Crippen LogP contribution in [0.1, 0.15) is 239 Å². The molecule has 0 aliphatic heterocycles. The SMILES string of the molecule is CCCCCCCCCCCCCCCCCC(=O)N(C(=O)CCCCCCCCCCCCCCCCC)[C@@H](CCCCNNC(=N)N)C(=O)N(C)CCN.Cl. The number of hydrazine groups is 1. The molecule has 0 aromatic rings. The molecule has 0 bridgehead atoms. The van der Waals surface area contributed by atoms with Crippen LogP contribution < -0.4 is 22.3 Å². The van der Waals surface area contributed by atoms with E-state index in [2.05, 4.69) is 24.7 Å². The number of halogens is 1. The Balaban J connectivity index is 0. The van der Waals surface area contributed by atoms with Crippen LogP contribution in [0.15, 0.2) is 0 Å². The van der Waals surface area contributed by atoms with E-state index in [0.29, 0.717) is 38.9 Å². The van der Waals surface area contributed by atoms with Gasteiger partial charge < -0.3 is 16.4 Å². The summed E-state index contributed by atoms with van der Waals surface area (Å²) in [7, 11) is 1.71. The molecule has 0 aromatic carbocycles. The van der Waals surface area contributed by atoms with E-state index in [1.807, 2.05) is 0 Å². The molecular weight excluding hydrogens is 734 g/mol. The van der Waals surface area contributed by atoms with Crippen LogP contribution in [0.2, 0.25) is 0 Å². The highest BCUT2D eigenvalue weighted by molar-refractivity contribution is 6.00. The summed E-state index contributed by atoms with van der Waals surface area (Å²) in [6.07, 6.45) is 39.8. The summed E-state index contributed by atoms with van der Waals surface area (Å²) < 4.78 is 0. The van der Waals surface area contributed by atoms with Crippen molar-refractivity contribution in [1.29, 1.82) is 5.41 Å². The van der Waals surface area contributed by atoms with Gasteiger partial charge in [0.05, 0.1) is 0 Å². The Labute approximate surface area is 358 Å². The largest absolute Gasteiger partial charge is 0.369 e. The molecule has 0 saturated heterocycles. The summed E-state index contributed by atoms with van der Waals surface area (Å²) in [5.41, 5.74) is 16.6. The molecule has 7 N–H and O–H groups in total. The fraction of sp³-hybridized carbons (Fsp3) is 0.913. The predicted molar refractivity (Wildman–Crippen MR) is 246 cm³/mol. The van der Waals surface area contributed by atoms with E-state index in [9.17, 15) is 14.4 Å². The number of guanidine groups is 1. The quantitative estimate of drug-likeness (QED) is 0.0177. The molecule has 3 amide bonds. The molecule has 0 rings (SSSR count). The van der Waals surface area contributed by atoms with Gasteiger partial charge in [-0.25, -0.2) is 5.43 Å². The van der Waals surface area contributed by atoms with Gasteiger partial charge in [-0.05, 0) is 32.1 Å². The molecule has 0 aliphatic rings. The molecular formula is C46H94ClN7O3. The molecule has 0 aliphatic carbocycles. The number of unbranched alkanes of at least 4 members (excludes halogenated alkanes) is 29. The van der Waals surface area contributed by atoms with Gasteiger partial charge in [0.15, 0.2) is 5.96 Å². The molecule has 0 heterocycles. The molecule has 0 saturated carbocycles. The number of nitrogens with zero attached hydrogens (tertiary/aromatic N) is 2. The van der Waals surface area contributed by atoms with E-state index in [1.165, 1.54) is 159 Å². The van der Waals surface area contributed by atoms with E-state index in [1.54, 1.807) is 11.9 Å². The highest BCUT2D eigenvalue weighted by Gasteiger charge is 2.35.